The van der Waals surface area contributed by atoms with Crippen molar-refractivity contribution in [2.75, 3.05) is 18.0 Å². The monoisotopic (exact) mass is 486 g/mol. The number of hydrogen-bond donors (Lipinski definition) is 2. The van der Waals surface area contributed by atoms with E-state index in [4.69, 9.17) is 0 Å². The van der Waals surface area contributed by atoms with Gasteiger partial charge in [-0.2, -0.15) is 17.7 Å². The molecule has 1 aliphatic rings. The maximum atomic E-state index is 13.2. The van der Waals surface area contributed by atoms with Gasteiger partial charge in [0.15, 0.2) is 5.65 Å². The summed E-state index contributed by atoms with van der Waals surface area (Å²) in [5, 5.41) is 14.0. The molecule has 4 heterocycles. The summed E-state index contributed by atoms with van der Waals surface area (Å²) in [5.41, 5.74) is 1.80. The normalized spacial score (nSPS) is 16.3. The van der Waals surface area contributed by atoms with Gasteiger partial charge in [-0.1, -0.05) is 26.0 Å². The van der Waals surface area contributed by atoms with E-state index < -0.39 is 12.0 Å². The van der Waals surface area contributed by atoms with Crippen LogP contribution in [0.3, 0.4) is 0 Å². The average molecular weight is 487 g/mol. The number of rotatable bonds is 5. The van der Waals surface area contributed by atoms with Gasteiger partial charge >= 0.3 is 6.18 Å². The zero-order valence-corrected chi connectivity index (χ0v) is 19.3. The van der Waals surface area contributed by atoms with Crippen LogP contribution in [-0.2, 0) is 11.0 Å². The lowest BCUT2D eigenvalue weighted by Crippen LogP contribution is -2.43. The van der Waals surface area contributed by atoms with E-state index in [0.29, 0.717) is 36.3 Å². The molecule has 0 spiro atoms. The highest BCUT2D eigenvalue weighted by atomic mass is 19.4. The summed E-state index contributed by atoms with van der Waals surface area (Å²) in [6.07, 6.45) is -3.53. The number of nitrogens with zero attached hydrogens (tertiary/aromatic N) is 6. The summed E-state index contributed by atoms with van der Waals surface area (Å²) in [5.74, 6) is -0.175. The maximum Gasteiger partial charge on any atom is 0.453 e. The molecule has 0 aliphatic carbocycles. The first-order chi connectivity index (χ1) is 16.7. The number of benzene rings is 1. The van der Waals surface area contributed by atoms with E-state index in [1.165, 1.54) is 6.07 Å². The molecule has 1 saturated heterocycles. The number of fused-ring (bicyclic) bond motifs is 2. The predicted octanol–water partition coefficient (Wildman–Crippen LogP) is 3.75. The Balaban J connectivity index is 1.26. The average Bonchev–Trinajstić information content (AvgIpc) is 3.46. The molecule has 12 heteroatoms. The Bertz CT molecular complexity index is 1320. The number of carbonyl (C=O) groups is 1. The number of aromatic nitrogens is 6. The number of H-pyrrole nitrogens is 1. The highest BCUT2D eigenvalue weighted by molar-refractivity contribution is 5.80. The van der Waals surface area contributed by atoms with E-state index in [1.807, 2.05) is 43.0 Å². The fourth-order valence-corrected chi connectivity index (χ4v) is 4.44. The van der Waals surface area contributed by atoms with Crippen molar-refractivity contribution >= 4 is 28.4 Å². The molecular weight excluding hydrogens is 461 g/mol. The summed E-state index contributed by atoms with van der Waals surface area (Å²) >= 11 is 0. The summed E-state index contributed by atoms with van der Waals surface area (Å²) in [6, 6.07) is 10.6. The van der Waals surface area contributed by atoms with E-state index in [2.05, 4.69) is 30.6 Å². The minimum atomic E-state index is -4.65. The highest BCUT2D eigenvalue weighted by Gasteiger charge is 2.38. The molecule has 0 radical (unpaired) electrons. The Morgan fingerprint density at radius 2 is 1.86 bits per heavy atom. The third kappa shape index (κ3) is 4.52. The van der Waals surface area contributed by atoms with Gasteiger partial charge in [0.1, 0.15) is 11.6 Å². The molecule has 2 N–H and O–H groups in total. The van der Waals surface area contributed by atoms with Gasteiger partial charge in [0, 0.05) is 19.0 Å². The molecule has 9 nitrogen and oxygen atoms in total. The van der Waals surface area contributed by atoms with Crippen molar-refractivity contribution in [3.8, 4) is 0 Å². The molecule has 1 atom stereocenters. The molecule has 4 aromatic rings. The Morgan fingerprint density at radius 1 is 1.11 bits per heavy atom. The van der Waals surface area contributed by atoms with Gasteiger partial charge < -0.3 is 15.2 Å². The first-order valence-electron chi connectivity index (χ1n) is 11.5. The predicted molar refractivity (Wildman–Crippen MR) is 123 cm³/mol. The number of hydrogen-bond acceptors (Lipinski definition) is 6. The number of para-hydroxylation sites is 2. The largest absolute Gasteiger partial charge is 0.453 e. The van der Waals surface area contributed by atoms with Crippen LogP contribution in [0.1, 0.15) is 44.4 Å². The number of aromatic amines is 1. The SMILES string of the molecule is CC(C)[C@@H](NC(=O)C1CCN(c2ccc3nnc(C(F)(F)F)n3n2)CC1)c1nc2ccccc2[nH]1. The highest BCUT2D eigenvalue weighted by Crippen LogP contribution is 2.29. The summed E-state index contributed by atoms with van der Waals surface area (Å²) in [4.78, 5) is 22.9. The quantitative estimate of drug-likeness (QED) is 0.445. The van der Waals surface area contributed by atoms with Crippen molar-refractivity contribution in [3.63, 3.8) is 0 Å². The zero-order chi connectivity index (χ0) is 24.7. The number of nitrogens with one attached hydrogen (secondary N) is 2. The minimum Gasteiger partial charge on any atom is -0.355 e. The van der Waals surface area contributed by atoms with Crippen molar-refractivity contribution in [1.29, 1.82) is 0 Å². The van der Waals surface area contributed by atoms with Gasteiger partial charge in [-0.15, -0.1) is 15.3 Å². The first kappa shape index (κ1) is 23.1. The third-order valence-electron chi connectivity index (χ3n) is 6.36. The maximum absolute atomic E-state index is 13.2. The zero-order valence-electron chi connectivity index (χ0n) is 19.3. The Morgan fingerprint density at radius 3 is 2.54 bits per heavy atom. The lowest BCUT2D eigenvalue weighted by Gasteiger charge is -2.33. The van der Waals surface area contributed by atoms with E-state index in [-0.39, 0.29) is 29.4 Å². The Hall–Kier alpha value is -3.70. The molecule has 0 saturated carbocycles. The Labute approximate surface area is 198 Å². The fraction of sp³-hybridized carbons (Fsp3) is 0.435. The molecule has 1 aromatic carbocycles. The van der Waals surface area contributed by atoms with Gasteiger partial charge in [-0.05, 0) is 43.0 Å². The molecule has 35 heavy (non-hydrogen) atoms. The van der Waals surface area contributed by atoms with Crippen molar-refractivity contribution in [3.05, 3.63) is 48.0 Å². The lowest BCUT2D eigenvalue weighted by atomic mass is 9.94. The van der Waals surface area contributed by atoms with Gasteiger partial charge in [-0.25, -0.2) is 4.98 Å². The van der Waals surface area contributed by atoms with E-state index in [9.17, 15) is 18.0 Å². The van der Waals surface area contributed by atoms with Gasteiger partial charge in [-0.3, -0.25) is 4.79 Å². The van der Waals surface area contributed by atoms with Crippen LogP contribution in [-0.4, -0.2) is 48.8 Å². The number of halogens is 3. The van der Waals surface area contributed by atoms with E-state index >= 15 is 0 Å². The van der Waals surface area contributed by atoms with Gasteiger partial charge in [0.05, 0.1) is 17.1 Å². The van der Waals surface area contributed by atoms with Crippen LogP contribution in [0.25, 0.3) is 16.7 Å². The summed E-state index contributed by atoms with van der Waals surface area (Å²) in [7, 11) is 0. The van der Waals surface area contributed by atoms with Crippen LogP contribution >= 0.6 is 0 Å². The number of amides is 1. The van der Waals surface area contributed by atoms with Gasteiger partial charge in [0.25, 0.3) is 5.82 Å². The topological polar surface area (TPSA) is 104 Å². The lowest BCUT2D eigenvalue weighted by molar-refractivity contribution is -0.146. The van der Waals surface area contributed by atoms with Crippen LogP contribution in [0.5, 0.6) is 0 Å². The van der Waals surface area contributed by atoms with Crippen molar-refractivity contribution < 1.29 is 18.0 Å². The van der Waals surface area contributed by atoms with Crippen LogP contribution in [0.2, 0.25) is 0 Å². The number of alkyl halides is 3. The Kier molecular flexibility index (Phi) is 5.81. The second kappa shape index (κ2) is 8.82. The molecule has 0 bridgehead atoms. The molecule has 1 fully saturated rings. The van der Waals surface area contributed by atoms with E-state index in [1.54, 1.807) is 6.07 Å². The van der Waals surface area contributed by atoms with Crippen molar-refractivity contribution in [2.24, 2.45) is 11.8 Å². The summed E-state index contributed by atoms with van der Waals surface area (Å²) in [6.45, 7) is 5.06. The second-order valence-corrected chi connectivity index (χ2v) is 9.11. The standard InChI is InChI=1S/C23H25F3N8O/c1-13(2)19(20-27-15-5-3-4-6-16(15)28-20)29-21(35)14-9-11-33(12-10-14)18-8-7-17-30-31-22(23(24,25)26)34(17)32-18/h3-8,13-14,19H,9-12H2,1-2H3,(H,27,28)(H,29,35)/t19-/m1/s1. The minimum absolute atomic E-state index is 0.0284. The number of imidazole rings is 1. The fourth-order valence-electron chi connectivity index (χ4n) is 4.44. The van der Waals surface area contributed by atoms with Crippen LogP contribution in [0.15, 0.2) is 36.4 Å². The van der Waals surface area contributed by atoms with Crippen molar-refractivity contribution in [2.45, 2.75) is 38.9 Å². The molecule has 184 valence electrons. The molecule has 1 amide bonds. The molecule has 5 rings (SSSR count). The van der Waals surface area contributed by atoms with Crippen LogP contribution in [0.4, 0.5) is 19.0 Å². The second-order valence-electron chi connectivity index (χ2n) is 9.11. The smallest absolute Gasteiger partial charge is 0.355 e. The molecule has 1 aliphatic heterocycles. The van der Waals surface area contributed by atoms with Crippen LogP contribution < -0.4 is 10.2 Å². The van der Waals surface area contributed by atoms with Gasteiger partial charge in [0.2, 0.25) is 5.91 Å². The third-order valence-corrected chi connectivity index (χ3v) is 6.36. The molecule has 3 aromatic heterocycles. The number of carbonyl (C=O) groups excluding carboxylic acids is 1. The molecule has 0 unspecified atom stereocenters. The van der Waals surface area contributed by atoms with E-state index in [0.717, 1.165) is 16.9 Å². The first-order valence-corrected chi connectivity index (χ1v) is 11.5. The van der Waals surface area contributed by atoms with Crippen molar-refractivity contribution in [1.82, 2.24) is 35.1 Å². The van der Waals surface area contributed by atoms with Crippen LogP contribution in [0, 0.1) is 11.8 Å². The summed E-state index contributed by atoms with van der Waals surface area (Å²) < 4.78 is 40.3. The number of anilines is 1. The molecular formula is C23H25F3N8O. The number of piperidine rings is 1.